The van der Waals surface area contributed by atoms with Crippen molar-refractivity contribution in [3.05, 3.63) is 71.1 Å². The van der Waals surface area contributed by atoms with E-state index in [1.165, 1.54) is 5.56 Å². The first-order valence-electron chi connectivity index (χ1n) is 9.40. The van der Waals surface area contributed by atoms with Gasteiger partial charge in [0.25, 0.3) is 5.91 Å². The maximum absolute atomic E-state index is 12.5. The van der Waals surface area contributed by atoms with Crippen molar-refractivity contribution in [1.82, 2.24) is 30.4 Å². The third-order valence-corrected chi connectivity index (χ3v) is 4.94. The molecule has 3 aromatic rings. The molecule has 2 aromatic heterocycles. The van der Waals surface area contributed by atoms with E-state index in [1.807, 2.05) is 12.3 Å². The fraction of sp³-hybridized carbons (Fsp3) is 0.350. The van der Waals surface area contributed by atoms with Gasteiger partial charge in [0, 0.05) is 49.7 Å². The van der Waals surface area contributed by atoms with E-state index in [0.717, 1.165) is 49.4 Å². The molecule has 7 nitrogen and oxygen atoms in total. The number of nitrogens with one attached hydrogen (secondary N) is 3. The third-order valence-electron chi connectivity index (χ3n) is 4.94. The average molecular weight is 364 g/mol. The number of aromatic amines is 1. The molecule has 0 aliphatic carbocycles. The molecule has 0 atom stereocenters. The van der Waals surface area contributed by atoms with Crippen LogP contribution in [-0.2, 0) is 32.5 Å². The molecular weight excluding hydrogens is 340 g/mol. The molecule has 0 spiro atoms. The Kier molecular flexibility index (Phi) is 5.29. The van der Waals surface area contributed by atoms with Crippen molar-refractivity contribution in [2.24, 2.45) is 0 Å². The highest BCUT2D eigenvalue weighted by Gasteiger charge is 2.21. The first kappa shape index (κ1) is 17.5. The van der Waals surface area contributed by atoms with Crippen LogP contribution in [0.25, 0.3) is 0 Å². The molecule has 140 valence electrons. The zero-order valence-electron chi connectivity index (χ0n) is 15.2. The number of aryl methyl sites for hydroxylation is 2. The van der Waals surface area contributed by atoms with Gasteiger partial charge in [-0.3, -0.25) is 9.89 Å². The van der Waals surface area contributed by atoms with Crippen LogP contribution in [0.4, 0.5) is 0 Å². The second-order valence-electron chi connectivity index (χ2n) is 6.76. The van der Waals surface area contributed by atoms with E-state index in [4.69, 9.17) is 0 Å². The van der Waals surface area contributed by atoms with Crippen LogP contribution < -0.4 is 10.6 Å². The summed E-state index contributed by atoms with van der Waals surface area (Å²) in [6.07, 6.45) is 6.68. The molecule has 4 rings (SSSR count). The van der Waals surface area contributed by atoms with E-state index in [1.54, 1.807) is 6.20 Å². The minimum Gasteiger partial charge on any atom is -0.343 e. The Labute approximate surface area is 158 Å². The summed E-state index contributed by atoms with van der Waals surface area (Å²) >= 11 is 0. The van der Waals surface area contributed by atoms with Gasteiger partial charge in [-0.2, -0.15) is 5.10 Å². The van der Waals surface area contributed by atoms with Crippen LogP contribution in [-0.4, -0.2) is 32.2 Å². The van der Waals surface area contributed by atoms with E-state index < -0.39 is 0 Å². The molecule has 1 aromatic carbocycles. The predicted molar refractivity (Wildman–Crippen MR) is 102 cm³/mol. The van der Waals surface area contributed by atoms with E-state index in [9.17, 15) is 4.79 Å². The van der Waals surface area contributed by atoms with Gasteiger partial charge in [0.05, 0.1) is 6.54 Å². The molecule has 7 heteroatoms. The monoisotopic (exact) mass is 364 g/mol. The van der Waals surface area contributed by atoms with Crippen LogP contribution in [0.2, 0.25) is 0 Å². The number of nitrogens with zero attached hydrogens (tertiary/aromatic N) is 3. The first-order chi connectivity index (χ1) is 13.3. The number of fused-ring (bicyclic) bond motifs is 1. The molecule has 3 N–H and O–H groups in total. The topological polar surface area (TPSA) is 87.6 Å². The summed E-state index contributed by atoms with van der Waals surface area (Å²) in [5.41, 5.74) is 3.86. The molecule has 27 heavy (non-hydrogen) atoms. The van der Waals surface area contributed by atoms with E-state index in [0.29, 0.717) is 18.8 Å². The molecular formula is C20H24N6O. The van der Waals surface area contributed by atoms with Crippen molar-refractivity contribution in [3.63, 3.8) is 0 Å². The molecule has 1 aliphatic heterocycles. The van der Waals surface area contributed by atoms with Crippen molar-refractivity contribution in [2.75, 3.05) is 6.54 Å². The van der Waals surface area contributed by atoms with Crippen molar-refractivity contribution < 1.29 is 4.79 Å². The first-order valence-corrected chi connectivity index (χ1v) is 9.40. The summed E-state index contributed by atoms with van der Waals surface area (Å²) in [4.78, 5) is 16.9. The summed E-state index contributed by atoms with van der Waals surface area (Å²) in [6.45, 7) is 2.87. The lowest BCUT2D eigenvalue weighted by Gasteiger charge is -2.13. The molecule has 1 amide bonds. The molecule has 0 unspecified atom stereocenters. The van der Waals surface area contributed by atoms with Gasteiger partial charge in [0.1, 0.15) is 5.82 Å². The van der Waals surface area contributed by atoms with Gasteiger partial charge in [-0.25, -0.2) is 4.98 Å². The molecule has 3 heterocycles. The minimum absolute atomic E-state index is 0.157. The highest BCUT2D eigenvalue weighted by atomic mass is 16.1. The third kappa shape index (κ3) is 4.09. The molecule has 0 saturated heterocycles. The van der Waals surface area contributed by atoms with Crippen LogP contribution in [0.1, 0.15) is 39.6 Å². The maximum Gasteiger partial charge on any atom is 0.272 e. The molecule has 0 radical (unpaired) electrons. The number of carbonyl (C=O) groups excluding carboxylic acids is 1. The van der Waals surface area contributed by atoms with Gasteiger partial charge in [0.2, 0.25) is 0 Å². The van der Waals surface area contributed by atoms with Gasteiger partial charge in [-0.1, -0.05) is 30.3 Å². The normalized spacial score (nSPS) is 13.3. The Bertz CT molecular complexity index is 898. The summed E-state index contributed by atoms with van der Waals surface area (Å²) in [5, 5.41) is 13.4. The lowest BCUT2D eigenvalue weighted by Crippen LogP contribution is -2.29. The number of imidazole rings is 1. The number of amides is 1. The second-order valence-corrected chi connectivity index (χ2v) is 6.76. The maximum atomic E-state index is 12.5. The van der Waals surface area contributed by atoms with Gasteiger partial charge < -0.3 is 15.2 Å². The summed E-state index contributed by atoms with van der Waals surface area (Å²) in [6, 6.07) is 10.5. The fourth-order valence-electron chi connectivity index (χ4n) is 3.47. The van der Waals surface area contributed by atoms with Crippen molar-refractivity contribution in [1.29, 1.82) is 0 Å². The zero-order valence-corrected chi connectivity index (χ0v) is 15.2. The van der Waals surface area contributed by atoms with Crippen LogP contribution in [0.15, 0.2) is 42.7 Å². The largest absolute Gasteiger partial charge is 0.343 e. The van der Waals surface area contributed by atoms with E-state index in [-0.39, 0.29) is 5.91 Å². The van der Waals surface area contributed by atoms with Gasteiger partial charge in [0.15, 0.2) is 5.69 Å². The van der Waals surface area contributed by atoms with E-state index >= 15 is 0 Å². The highest BCUT2D eigenvalue weighted by molar-refractivity contribution is 5.93. The molecule has 1 aliphatic rings. The Balaban J connectivity index is 1.32. The molecule has 0 bridgehead atoms. The standard InChI is InChI=1S/C20H24N6O/c27-20(19-16-13-21-9-8-17(16)24-25-19)23-14-18-22-10-12-26(18)11-4-7-15-5-2-1-3-6-15/h1-3,5-6,10,12,21H,4,7-9,11,13-14H2,(H,23,27)(H,24,25). The number of carbonyl (C=O) groups is 1. The Morgan fingerprint density at radius 1 is 1.26 bits per heavy atom. The number of H-pyrrole nitrogens is 1. The highest BCUT2D eigenvalue weighted by Crippen LogP contribution is 2.15. The fourth-order valence-corrected chi connectivity index (χ4v) is 3.47. The van der Waals surface area contributed by atoms with Crippen LogP contribution in [0.5, 0.6) is 0 Å². The number of benzene rings is 1. The number of rotatable bonds is 7. The van der Waals surface area contributed by atoms with Gasteiger partial charge >= 0.3 is 0 Å². The predicted octanol–water partition coefficient (Wildman–Crippen LogP) is 1.81. The Morgan fingerprint density at radius 2 is 2.15 bits per heavy atom. The Hall–Kier alpha value is -2.93. The van der Waals surface area contributed by atoms with Gasteiger partial charge in [-0.05, 0) is 18.4 Å². The number of hydrogen-bond donors (Lipinski definition) is 3. The SMILES string of the molecule is O=C(NCc1nccn1CCCc1ccccc1)c1n[nH]c2c1CNCC2. The van der Waals surface area contributed by atoms with Crippen molar-refractivity contribution in [2.45, 2.75) is 38.9 Å². The molecule has 0 saturated carbocycles. The Morgan fingerprint density at radius 3 is 3.04 bits per heavy atom. The van der Waals surface area contributed by atoms with Crippen molar-refractivity contribution >= 4 is 5.91 Å². The quantitative estimate of drug-likeness (QED) is 0.597. The number of aromatic nitrogens is 4. The lowest BCUT2D eigenvalue weighted by atomic mass is 10.1. The van der Waals surface area contributed by atoms with E-state index in [2.05, 4.69) is 54.6 Å². The summed E-state index contributed by atoms with van der Waals surface area (Å²) in [7, 11) is 0. The number of hydrogen-bond acceptors (Lipinski definition) is 4. The smallest absolute Gasteiger partial charge is 0.272 e. The lowest BCUT2D eigenvalue weighted by molar-refractivity contribution is 0.0943. The second kappa shape index (κ2) is 8.18. The van der Waals surface area contributed by atoms with Crippen molar-refractivity contribution in [3.8, 4) is 0 Å². The minimum atomic E-state index is -0.157. The molecule has 0 fully saturated rings. The summed E-state index contributed by atoms with van der Waals surface area (Å²) in [5.74, 6) is 0.703. The van der Waals surface area contributed by atoms with Crippen LogP contribution >= 0.6 is 0 Å². The summed E-state index contributed by atoms with van der Waals surface area (Å²) < 4.78 is 2.10. The average Bonchev–Trinajstić information content (AvgIpc) is 3.34. The van der Waals surface area contributed by atoms with Crippen LogP contribution in [0, 0.1) is 0 Å². The van der Waals surface area contributed by atoms with Gasteiger partial charge in [-0.15, -0.1) is 0 Å². The zero-order chi connectivity index (χ0) is 18.5. The van der Waals surface area contributed by atoms with Crippen LogP contribution in [0.3, 0.4) is 0 Å².